The molecule has 1 saturated heterocycles. The maximum atomic E-state index is 12.9. The number of likely N-dealkylation sites (tertiary alicyclic amines) is 1. The Bertz CT molecular complexity index is 1050. The summed E-state index contributed by atoms with van der Waals surface area (Å²) in [5.74, 6) is 1.77. The largest absolute Gasteiger partial charge is 0.360 e. The normalized spacial score (nSPS) is 17.5. The van der Waals surface area contributed by atoms with Crippen LogP contribution in [0, 0.1) is 0 Å². The molecule has 2 aliphatic rings. The molecule has 0 aliphatic carbocycles. The fourth-order valence-electron chi connectivity index (χ4n) is 4.35. The minimum atomic E-state index is 0.0704. The van der Waals surface area contributed by atoms with Gasteiger partial charge in [-0.3, -0.25) is 4.79 Å². The highest BCUT2D eigenvalue weighted by Gasteiger charge is 2.30. The van der Waals surface area contributed by atoms with Gasteiger partial charge in [0.15, 0.2) is 11.5 Å². The van der Waals surface area contributed by atoms with Gasteiger partial charge in [-0.25, -0.2) is 9.97 Å². The lowest BCUT2D eigenvalue weighted by atomic mass is 10.0. The first-order valence-electron chi connectivity index (χ1n) is 10.5. The van der Waals surface area contributed by atoms with Crippen LogP contribution >= 0.6 is 0 Å². The van der Waals surface area contributed by atoms with E-state index in [9.17, 15) is 4.79 Å². The van der Waals surface area contributed by atoms with E-state index in [0.29, 0.717) is 31.1 Å². The molecule has 158 valence electrons. The van der Waals surface area contributed by atoms with Crippen molar-refractivity contribution < 1.29 is 9.32 Å². The number of rotatable bonds is 7. The van der Waals surface area contributed by atoms with Crippen molar-refractivity contribution in [1.29, 1.82) is 0 Å². The Labute approximate surface area is 175 Å². The summed E-state index contributed by atoms with van der Waals surface area (Å²) < 4.78 is 5.51. The molecule has 9 nitrogen and oxygen atoms in total. The summed E-state index contributed by atoms with van der Waals surface area (Å²) in [6, 6.07) is 2.62. The van der Waals surface area contributed by atoms with E-state index in [-0.39, 0.29) is 5.78 Å². The molecule has 3 aromatic heterocycles. The second kappa shape index (κ2) is 7.81. The molecule has 0 spiro atoms. The fourth-order valence-corrected chi connectivity index (χ4v) is 4.35. The van der Waals surface area contributed by atoms with Gasteiger partial charge in [0.05, 0.1) is 11.9 Å². The summed E-state index contributed by atoms with van der Waals surface area (Å²) in [5, 5.41) is 5.12. The minimum Gasteiger partial charge on any atom is -0.360 e. The number of aromatic amines is 1. The summed E-state index contributed by atoms with van der Waals surface area (Å²) in [6.45, 7) is 4.47. The van der Waals surface area contributed by atoms with E-state index in [0.717, 1.165) is 60.8 Å². The first-order valence-corrected chi connectivity index (χ1v) is 10.5. The number of ketones is 1. The summed E-state index contributed by atoms with van der Waals surface area (Å²) in [4.78, 5) is 31.6. The molecule has 0 bridgehead atoms. The van der Waals surface area contributed by atoms with Crippen LogP contribution in [0.25, 0.3) is 11.0 Å². The second-order valence-electron chi connectivity index (χ2n) is 8.45. The topological polar surface area (TPSA) is 94.4 Å². The number of aromatic nitrogens is 4. The summed E-state index contributed by atoms with van der Waals surface area (Å²) in [7, 11) is 4.23. The zero-order chi connectivity index (χ0) is 20.7. The molecule has 1 fully saturated rings. The maximum Gasteiger partial charge on any atom is 0.185 e. The molecule has 3 aromatic rings. The molecule has 0 radical (unpaired) electrons. The van der Waals surface area contributed by atoms with E-state index in [4.69, 9.17) is 4.52 Å². The molecular weight excluding hydrogens is 382 g/mol. The fraction of sp³-hybridized carbons (Fsp3) is 0.524. The number of hydrogen-bond donors (Lipinski definition) is 1. The monoisotopic (exact) mass is 409 g/mol. The quantitative estimate of drug-likeness (QED) is 0.590. The zero-order valence-electron chi connectivity index (χ0n) is 17.5. The number of carbonyl (C=O) groups is 1. The first-order chi connectivity index (χ1) is 14.6. The van der Waals surface area contributed by atoms with Gasteiger partial charge in [0, 0.05) is 50.3 Å². The number of Topliss-reactive ketones (excluding diaryl/α,β-unsaturated/α-hetero) is 1. The van der Waals surface area contributed by atoms with Crippen molar-refractivity contribution in [2.24, 2.45) is 0 Å². The summed E-state index contributed by atoms with van der Waals surface area (Å²) in [6.07, 6.45) is 5.49. The predicted octanol–water partition coefficient (Wildman–Crippen LogP) is 1.72. The minimum absolute atomic E-state index is 0.0704. The van der Waals surface area contributed by atoms with Crippen molar-refractivity contribution in [3.8, 4) is 0 Å². The molecular formula is C21H27N7O2. The number of H-pyrrole nitrogens is 1. The molecule has 2 aliphatic heterocycles. The number of anilines is 1. The van der Waals surface area contributed by atoms with Crippen molar-refractivity contribution in [2.75, 3.05) is 45.2 Å². The highest BCUT2D eigenvalue weighted by Crippen LogP contribution is 2.30. The Balaban J connectivity index is 1.23. The van der Waals surface area contributed by atoms with Gasteiger partial charge in [0.1, 0.15) is 23.6 Å². The van der Waals surface area contributed by atoms with E-state index in [1.54, 1.807) is 6.33 Å². The van der Waals surface area contributed by atoms with Crippen molar-refractivity contribution in [2.45, 2.75) is 31.8 Å². The van der Waals surface area contributed by atoms with Crippen molar-refractivity contribution >= 4 is 22.6 Å². The molecule has 0 amide bonds. The Morgan fingerprint density at radius 2 is 2.20 bits per heavy atom. The molecule has 5 rings (SSSR count). The van der Waals surface area contributed by atoms with Gasteiger partial charge < -0.3 is 24.2 Å². The third-order valence-electron chi connectivity index (χ3n) is 6.27. The van der Waals surface area contributed by atoms with E-state index in [1.165, 1.54) is 0 Å². The van der Waals surface area contributed by atoms with Crippen LogP contribution in [0.2, 0.25) is 0 Å². The van der Waals surface area contributed by atoms with E-state index < -0.39 is 0 Å². The van der Waals surface area contributed by atoms with E-state index in [2.05, 4.69) is 48.9 Å². The van der Waals surface area contributed by atoms with Crippen molar-refractivity contribution in [1.82, 2.24) is 29.9 Å². The van der Waals surface area contributed by atoms with Crippen LogP contribution in [0.3, 0.4) is 0 Å². The highest BCUT2D eigenvalue weighted by atomic mass is 16.5. The molecule has 5 heterocycles. The van der Waals surface area contributed by atoms with Gasteiger partial charge in [-0.1, -0.05) is 5.16 Å². The molecule has 1 N–H and O–H groups in total. The SMILES string of the molecule is CN(C)C1CN(CCCC(=O)c2noc3c2CN(c2ncnc4[nH]ccc24)CC3)C1. The number of carbonyl (C=O) groups excluding carboxylic acids is 1. The van der Waals surface area contributed by atoms with Crippen LogP contribution < -0.4 is 4.90 Å². The number of fused-ring (bicyclic) bond motifs is 2. The number of nitrogens with zero attached hydrogens (tertiary/aromatic N) is 6. The van der Waals surface area contributed by atoms with Crippen LogP contribution in [-0.4, -0.2) is 82.0 Å². The molecule has 0 aromatic carbocycles. The lowest BCUT2D eigenvalue weighted by molar-refractivity contribution is 0.0615. The molecule has 0 atom stereocenters. The van der Waals surface area contributed by atoms with E-state index >= 15 is 0 Å². The van der Waals surface area contributed by atoms with Crippen LogP contribution in [-0.2, 0) is 13.0 Å². The van der Waals surface area contributed by atoms with Gasteiger partial charge in [-0.05, 0) is 33.1 Å². The summed E-state index contributed by atoms with van der Waals surface area (Å²) in [5.41, 5.74) is 2.21. The lowest BCUT2D eigenvalue weighted by Crippen LogP contribution is -2.57. The smallest absolute Gasteiger partial charge is 0.185 e. The van der Waals surface area contributed by atoms with Crippen LogP contribution in [0.4, 0.5) is 5.82 Å². The Morgan fingerprint density at radius 1 is 1.33 bits per heavy atom. The lowest BCUT2D eigenvalue weighted by Gasteiger charge is -2.42. The Morgan fingerprint density at radius 3 is 3.03 bits per heavy atom. The van der Waals surface area contributed by atoms with Gasteiger partial charge in [0.25, 0.3) is 0 Å². The Hall–Kier alpha value is -2.78. The van der Waals surface area contributed by atoms with Crippen molar-refractivity contribution in [3.05, 3.63) is 35.6 Å². The molecule has 0 unspecified atom stereocenters. The van der Waals surface area contributed by atoms with Gasteiger partial charge in [0.2, 0.25) is 0 Å². The highest BCUT2D eigenvalue weighted by molar-refractivity contribution is 5.96. The first kappa shape index (κ1) is 19.2. The van der Waals surface area contributed by atoms with Crippen LogP contribution in [0.15, 0.2) is 23.1 Å². The van der Waals surface area contributed by atoms with Crippen LogP contribution in [0.1, 0.15) is 34.7 Å². The van der Waals surface area contributed by atoms with E-state index in [1.807, 2.05) is 12.3 Å². The third kappa shape index (κ3) is 3.48. The van der Waals surface area contributed by atoms with Gasteiger partial charge in [-0.15, -0.1) is 0 Å². The average Bonchev–Trinajstić information content (AvgIpc) is 3.35. The summed E-state index contributed by atoms with van der Waals surface area (Å²) >= 11 is 0. The van der Waals surface area contributed by atoms with Crippen molar-refractivity contribution in [3.63, 3.8) is 0 Å². The number of hydrogen-bond acceptors (Lipinski definition) is 8. The Kier molecular flexibility index (Phi) is 5.00. The molecule has 0 saturated carbocycles. The third-order valence-corrected chi connectivity index (χ3v) is 6.27. The second-order valence-corrected chi connectivity index (χ2v) is 8.45. The maximum absolute atomic E-state index is 12.9. The molecule has 9 heteroatoms. The number of nitrogens with one attached hydrogen (secondary N) is 1. The zero-order valence-corrected chi connectivity index (χ0v) is 17.5. The predicted molar refractivity (Wildman–Crippen MR) is 113 cm³/mol. The van der Waals surface area contributed by atoms with Crippen LogP contribution in [0.5, 0.6) is 0 Å². The molecule has 30 heavy (non-hydrogen) atoms. The van der Waals surface area contributed by atoms with Gasteiger partial charge >= 0.3 is 0 Å². The standard InChI is InChI=1S/C21H27N7O2/c1-26(2)14-10-27(11-14)8-3-4-17(29)19-16-12-28(9-6-18(16)30-25-19)21-15-5-7-22-20(15)23-13-24-21/h5,7,13-14H,3-4,6,8-12H2,1-2H3,(H,22,23,24). The average molecular weight is 409 g/mol. The number of likely N-dealkylation sites (N-methyl/N-ethyl adjacent to an activating group) is 1. The van der Waals surface area contributed by atoms with Gasteiger partial charge in [-0.2, -0.15) is 0 Å².